The Morgan fingerprint density at radius 2 is 1.32 bits per heavy atom. The first kappa shape index (κ1) is 24.7. The van der Waals surface area contributed by atoms with E-state index in [0.717, 1.165) is 5.69 Å². The summed E-state index contributed by atoms with van der Waals surface area (Å²) in [5, 5.41) is 0. The van der Waals surface area contributed by atoms with Gasteiger partial charge in [0.05, 0.1) is 32.1 Å². The lowest BCUT2D eigenvalue weighted by Gasteiger charge is -2.26. The maximum Gasteiger partial charge on any atom is 0.275 e. The van der Waals surface area contributed by atoms with Crippen LogP contribution in [0.15, 0.2) is 4.60 Å². The van der Waals surface area contributed by atoms with Gasteiger partial charge < -0.3 is 28.7 Å². The predicted molar refractivity (Wildman–Crippen MR) is 110 cm³/mol. The Labute approximate surface area is 175 Å². The van der Waals surface area contributed by atoms with Gasteiger partial charge in [-0.3, -0.25) is 4.79 Å². The lowest BCUT2D eigenvalue weighted by molar-refractivity contribution is 0.0620. The van der Waals surface area contributed by atoms with Crippen LogP contribution in [0.3, 0.4) is 0 Å². The fourth-order valence-corrected chi connectivity index (χ4v) is 3.04. The number of aryl methyl sites for hydroxylation is 1. The fraction of sp³-hybridized carbons (Fsp3) is 0.722. The van der Waals surface area contributed by atoms with Crippen molar-refractivity contribution < 1.29 is 23.7 Å². The maximum absolute atomic E-state index is 13.1. The van der Waals surface area contributed by atoms with E-state index in [-0.39, 0.29) is 11.6 Å². The van der Waals surface area contributed by atoms with Gasteiger partial charge in [0.1, 0.15) is 4.60 Å². The Balaban J connectivity index is 3.19. The zero-order chi connectivity index (χ0) is 20.9. The van der Waals surface area contributed by atoms with Gasteiger partial charge in [0, 0.05) is 54.6 Å². The maximum atomic E-state index is 13.1. The smallest absolute Gasteiger partial charge is 0.275 e. The van der Waals surface area contributed by atoms with Crippen LogP contribution in [0.4, 0.5) is 5.82 Å². The molecular weight excluding hydrogens is 432 g/mol. The highest BCUT2D eigenvalue weighted by Crippen LogP contribution is 2.22. The van der Waals surface area contributed by atoms with Gasteiger partial charge in [0.2, 0.25) is 0 Å². The van der Waals surface area contributed by atoms with E-state index in [1.54, 1.807) is 33.3 Å². The van der Waals surface area contributed by atoms with Crippen molar-refractivity contribution in [1.82, 2.24) is 14.9 Å². The summed E-state index contributed by atoms with van der Waals surface area (Å²) in [5.74, 6) is 0.409. The molecule has 1 rings (SSSR count). The van der Waals surface area contributed by atoms with Gasteiger partial charge in [0.15, 0.2) is 11.5 Å². The standard InChI is InChI=1S/C18H31BrN4O5/c1-14-17(22(6-10-25-2)7-11-26-3)21-15(16(19)20-14)18(24)23(8-12-27-4)9-13-28-5/h6-13H2,1-5H3. The molecule has 1 aromatic heterocycles. The highest BCUT2D eigenvalue weighted by Gasteiger charge is 2.24. The molecule has 0 aliphatic rings. The second-order valence-corrected chi connectivity index (χ2v) is 6.77. The molecule has 0 spiro atoms. The third-order valence-electron chi connectivity index (χ3n) is 4.05. The normalized spacial score (nSPS) is 10.9. The van der Waals surface area contributed by atoms with E-state index in [0.29, 0.717) is 63.0 Å². The number of ether oxygens (including phenoxy) is 4. The van der Waals surface area contributed by atoms with E-state index in [1.165, 1.54) is 0 Å². The van der Waals surface area contributed by atoms with Crippen LogP contribution < -0.4 is 4.90 Å². The molecule has 0 unspecified atom stereocenters. The molecule has 0 aliphatic heterocycles. The van der Waals surface area contributed by atoms with Gasteiger partial charge >= 0.3 is 0 Å². The predicted octanol–water partition coefficient (Wildman–Crippen LogP) is 1.38. The number of nitrogens with zero attached hydrogens (tertiary/aromatic N) is 4. The van der Waals surface area contributed by atoms with Gasteiger partial charge in [-0.1, -0.05) is 0 Å². The summed E-state index contributed by atoms with van der Waals surface area (Å²) >= 11 is 3.39. The van der Waals surface area contributed by atoms with Crippen molar-refractivity contribution >= 4 is 27.7 Å². The molecule has 0 N–H and O–H groups in total. The van der Waals surface area contributed by atoms with E-state index in [4.69, 9.17) is 18.9 Å². The quantitative estimate of drug-likeness (QED) is 0.409. The molecule has 0 bridgehead atoms. The number of amides is 1. The first-order valence-corrected chi connectivity index (χ1v) is 9.83. The SMILES string of the molecule is COCCN(CCOC)C(=O)c1nc(N(CCOC)CCOC)c(C)nc1Br. The number of hydrogen-bond acceptors (Lipinski definition) is 8. The molecule has 0 saturated heterocycles. The Bertz CT molecular complexity index is 590. The Kier molecular flexibility index (Phi) is 12.2. The number of carbonyl (C=O) groups is 1. The summed E-state index contributed by atoms with van der Waals surface area (Å²) in [7, 11) is 6.49. The van der Waals surface area contributed by atoms with Crippen molar-refractivity contribution in [2.45, 2.75) is 6.92 Å². The molecule has 0 atom stereocenters. The number of aromatic nitrogens is 2. The lowest BCUT2D eigenvalue weighted by Crippen LogP contribution is -2.38. The van der Waals surface area contributed by atoms with E-state index in [2.05, 4.69) is 25.9 Å². The summed E-state index contributed by atoms with van der Waals surface area (Å²) in [6.07, 6.45) is 0. The summed E-state index contributed by atoms with van der Waals surface area (Å²) in [6, 6.07) is 0. The first-order chi connectivity index (χ1) is 13.5. The molecule has 9 nitrogen and oxygen atoms in total. The van der Waals surface area contributed by atoms with Gasteiger partial charge in [-0.25, -0.2) is 9.97 Å². The largest absolute Gasteiger partial charge is 0.383 e. The first-order valence-electron chi connectivity index (χ1n) is 9.04. The molecule has 1 heterocycles. The summed E-state index contributed by atoms with van der Waals surface area (Å²) in [5.41, 5.74) is 0.976. The molecule has 10 heteroatoms. The van der Waals surface area contributed by atoms with Crippen molar-refractivity contribution in [3.8, 4) is 0 Å². The average molecular weight is 463 g/mol. The van der Waals surface area contributed by atoms with Gasteiger partial charge in [-0.2, -0.15) is 0 Å². The molecular formula is C18H31BrN4O5. The minimum absolute atomic E-state index is 0.229. The molecule has 0 saturated carbocycles. The Morgan fingerprint density at radius 1 is 0.857 bits per heavy atom. The number of rotatable bonds is 14. The Morgan fingerprint density at radius 3 is 1.79 bits per heavy atom. The summed E-state index contributed by atoms with van der Waals surface area (Å²) in [4.78, 5) is 25.9. The van der Waals surface area contributed by atoms with Crippen molar-refractivity contribution in [2.24, 2.45) is 0 Å². The average Bonchev–Trinajstić information content (AvgIpc) is 2.68. The van der Waals surface area contributed by atoms with Gasteiger partial charge in [-0.15, -0.1) is 0 Å². The minimum atomic E-state index is -0.229. The van der Waals surface area contributed by atoms with Crippen LogP contribution in [-0.4, -0.2) is 102 Å². The Hall–Kier alpha value is -1.33. The van der Waals surface area contributed by atoms with Crippen LogP contribution >= 0.6 is 15.9 Å². The molecule has 160 valence electrons. The second-order valence-electron chi connectivity index (χ2n) is 6.02. The van der Waals surface area contributed by atoms with E-state index < -0.39 is 0 Å². The molecule has 1 aromatic rings. The van der Waals surface area contributed by atoms with Crippen LogP contribution in [0, 0.1) is 6.92 Å². The van der Waals surface area contributed by atoms with E-state index >= 15 is 0 Å². The molecule has 0 aromatic carbocycles. The number of anilines is 1. The number of hydrogen-bond donors (Lipinski definition) is 0. The topological polar surface area (TPSA) is 86.3 Å². The zero-order valence-electron chi connectivity index (χ0n) is 17.4. The minimum Gasteiger partial charge on any atom is -0.383 e. The van der Waals surface area contributed by atoms with Crippen LogP contribution in [0.1, 0.15) is 16.2 Å². The van der Waals surface area contributed by atoms with Gasteiger partial charge in [-0.05, 0) is 22.9 Å². The monoisotopic (exact) mass is 462 g/mol. The fourth-order valence-electron chi connectivity index (χ4n) is 2.51. The van der Waals surface area contributed by atoms with Crippen LogP contribution in [-0.2, 0) is 18.9 Å². The van der Waals surface area contributed by atoms with E-state index in [1.807, 2.05) is 11.8 Å². The lowest BCUT2D eigenvalue weighted by atomic mass is 10.3. The molecule has 0 radical (unpaired) electrons. The highest BCUT2D eigenvalue weighted by molar-refractivity contribution is 9.10. The van der Waals surface area contributed by atoms with Crippen LogP contribution in [0.5, 0.6) is 0 Å². The third-order valence-corrected chi connectivity index (χ3v) is 4.61. The zero-order valence-corrected chi connectivity index (χ0v) is 19.0. The van der Waals surface area contributed by atoms with Crippen LogP contribution in [0.2, 0.25) is 0 Å². The van der Waals surface area contributed by atoms with E-state index in [9.17, 15) is 4.79 Å². The van der Waals surface area contributed by atoms with Crippen molar-refractivity contribution in [3.05, 3.63) is 16.0 Å². The van der Waals surface area contributed by atoms with Crippen molar-refractivity contribution in [1.29, 1.82) is 0 Å². The highest BCUT2D eigenvalue weighted by atomic mass is 79.9. The van der Waals surface area contributed by atoms with Crippen LogP contribution in [0.25, 0.3) is 0 Å². The van der Waals surface area contributed by atoms with Crippen molar-refractivity contribution in [3.63, 3.8) is 0 Å². The number of methoxy groups -OCH3 is 4. The van der Waals surface area contributed by atoms with Crippen molar-refractivity contribution in [2.75, 3.05) is 85.9 Å². The molecule has 0 aliphatic carbocycles. The second kappa shape index (κ2) is 13.8. The molecule has 0 fully saturated rings. The number of halogens is 1. The van der Waals surface area contributed by atoms with Gasteiger partial charge in [0.25, 0.3) is 5.91 Å². The molecule has 1 amide bonds. The summed E-state index contributed by atoms with van der Waals surface area (Å²) in [6.45, 7) is 5.86. The third kappa shape index (κ3) is 7.59. The summed E-state index contributed by atoms with van der Waals surface area (Å²) < 4.78 is 21.1. The number of carbonyl (C=O) groups excluding carboxylic acids is 1. The molecule has 28 heavy (non-hydrogen) atoms.